The zero-order valence-corrected chi connectivity index (χ0v) is 15.1. The van der Waals surface area contributed by atoms with E-state index in [0.717, 1.165) is 28.3 Å². The van der Waals surface area contributed by atoms with Gasteiger partial charge in [0, 0.05) is 12.6 Å². The lowest BCUT2D eigenvalue weighted by Crippen LogP contribution is -2.16. The maximum absolute atomic E-state index is 6.27. The first-order valence-corrected chi connectivity index (χ1v) is 8.19. The molecule has 1 nitrogen and oxygen atoms in total. The standard InChI is InChI=1S/C21H24ClN/c1-6-15(2)21(3,4)14-16-10-12-17(13-11-16)18-8-7-9-19(22)20(18)23-5/h7-13,23H,1,14H2,2-5H3. The van der Waals surface area contributed by atoms with Gasteiger partial charge in [0.2, 0.25) is 0 Å². The fourth-order valence-corrected chi connectivity index (χ4v) is 2.97. The van der Waals surface area contributed by atoms with E-state index in [9.17, 15) is 0 Å². The van der Waals surface area contributed by atoms with Crippen molar-refractivity contribution in [2.75, 3.05) is 12.4 Å². The summed E-state index contributed by atoms with van der Waals surface area (Å²) in [6, 6.07) is 14.7. The van der Waals surface area contributed by atoms with E-state index in [2.05, 4.69) is 68.7 Å². The van der Waals surface area contributed by atoms with Crippen molar-refractivity contribution in [2.24, 2.45) is 5.41 Å². The molecule has 0 atom stereocenters. The third-order valence-corrected chi connectivity index (χ3v) is 4.77. The average molecular weight is 326 g/mol. The molecule has 0 unspecified atom stereocenters. The van der Waals surface area contributed by atoms with Crippen molar-refractivity contribution in [2.45, 2.75) is 27.2 Å². The normalized spacial score (nSPS) is 11.0. The van der Waals surface area contributed by atoms with Gasteiger partial charge in [-0.25, -0.2) is 0 Å². The molecule has 23 heavy (non-hydrogen) atoms. The topological polar surface area (TPSA) is 12.0 Å². The van der Waals surface area contributed by atoms with Crippen LogP contribution in [0.25, 0.3) is 11.1 Å². The molecule has 0 bridgehead atoms. The van der Waals surface area contributed by atoms with Gasteiger partial charge in [-0.1, -0.05) is 68.4 Å². The molecular formula is C21H24ClN. The van der Waals surface area contributed by atoms with Crippen LogP contribution in [-0.2, 0) is 6.42 Å². The molecule has 120 valence electrons. The number of rotatable bonds is 5. The lowest BCUT2D eigenvalue weighted by atomic mass is 9.79. The van der Waals surface area contributed by atoms with Gasteiger partial charge >= 0.3 is 0 Å². The van der Waals surface area contributed by atoms with E-state index in [0.29, 0.717) is 0 Å². The summed E-state index contributed by atoms with van der Waals surface area (Å²) in [4.78, 5) is 0. The van der Waals surface area contributed by atoms with Crippen LogP contribution in [0.1, 0.15) is 26.3 Å². The van der Waals surface area contributed by atoms with Gasteiger partial charge in [-0.05, 0) is 41.5 Å². The van der Waals surface area contributed by atoms with E-state index >= 15 is 0 Å². The molecule has 0 spiro atoms. The molecule has 2 aromatic rings. The summed E-state index contributed by atoms with van der Waals surface area (Å²) >= 11 is 6.27. The largest absolute Gasteiger partial charge is 0.386 e. The van der Waals surface area contributed by atoms with Crippen LogP contribution in [0.3, 0.4) is 0 Å². The molecule has 1 N–H and O–H groups in total. The number of benzene rings is 2. The van der Waals surface area contributed by atoms with Gasteiger partial charge in [0.05, 0.1) is 10.7 Å². The minimum Gasteiger partial charge on any atom is -0.386 e. The van der Waals surface area contributed by atoms with Gasteiger partial charge < -0.3 is 5.32 Å². The molecule has 0 aliphatic carbocycles. The van der Waals surface area contributed by atoms with Crippen molar-refractivity contribution in [3.63, 3.8) is 0 Å². The number of nitrogens with one attached hydrogen (secondary N) is 1. The van der Waals surface area contributed by atoms with Crippen LogP contribution in [0.2, 0.25) is 5.02 Å². The minimum atomic E-state index is 0.0649. The van der Waals surface area contributed by atoms with Crippen molar-refractivity contribution in [3.05, 3.63) is 70.9 Å². The van der Waals surface area contributed by atoms with Gasteiger partial charge in [0.1, 0.15) is 0 Å². The summed E-state index contributed by atoms with van der Waals surface area (Å²) in [7, 11) is 1.89. The molecule has 0 saturated carbocycles. The van der Waals surface area contributed by atoms with Crippen molar-refractivity contribution < 1.29 is 0 Å². The van der Waals surface area contributed by atoms with Crippen LogP contribution >= 0.6 is 11.6 Å². The third-order valence-electron chi connectivity index (χ3n) is 4.45. The first-order valence-electron chi connectivity index (χ1n) is 7.82. The molecule has 2 rings (SSSR count). The summed E-state index contributed by atoms with van der Waals surface area (Å²) in [5.74, 6) is 0. The summed E-state index contributed by atoms with van der Waals surface area (Å²) in [6.07, 6.45) is 0.968. The number of para-hydroxylation sites is 1. The highest BCUT2D eigenvalue weighted by atomic mass is 35.5. The molecule has 0 fully saturated rings. The quantitative estimate of drug-likeness (QED) is 0.632. The summed E-state index contributed by atoms with van der Waals surface area (Å²) in [6.45, 7) is 10.3. The minimum absolute atomic E-state index is 0.0649. The third kappa shape index (κ3) is 3.88. The number of hydrogen-bond donors (Lipinski definition) is 1. The van der Waals surface area contributed by atoms with E-state index in [1.807, 2.05) is 19.2 Å². The highest BCUT2D eigenvalue weighted by Crippen LogP contribution is 2.35. The SMILES string of the molecule is C=C=C(C)C(C)(C)Cc1ccc(-c2cccc(Cl)c2NC)cc1. The molecule has 0 amide bonds. The van der Waals surface area contributed by atoms with Gasteiger partial charge in [-0.2, -0.15) is 0 Å². The van der Waals surface area contributed by atoms with Crippen LogP contribution in [0.15, 0.2) is 60.3 Å². The second-order valence-electron chi connectivity index (χ2n) is 6.47. The average Bonchev–Trinajstić information content (AvgIpc) is 2.54. The Balaban J connectivity index is 2.31. The Morgan fingerprint density at radius 1 is 1.17 bits per heavy atom. The summed E-state index contributed by atoms with van der Waals surface area (Å²) in [5, 5.41) is 3.93. The second kappa shape index (κ2) is 7.08. The Bertz CT molecular complexity index is 735. The van der Waals surface area contributed by atoms with Crippen LogP contribution in [-0.4, -0.2) is 7.05 Å². The summed E-state index contributed by atoms with van der Waals surface area (Å²) in [5.41, 5.74) is 8.83. The van der Waals surface area contributed by atoms with Crippen LogP contribution in [0.4, 0.5) is 5.69 Å². The first kappa shape index (κ1) is 17.4. The molecule has 2 heteroatoms. The van der Waals surface area contributed by atoms with E-state index < -0.39 is 0 Å². The zero-order chi connectivity index (χ0) is 17.0. The van der Waals surface area contributed by atoms with Crippen LogP contribution in [0.5, 0.6) is 0 Å². The van der Waals surface area contributed by atoms with Crippen molar-refractivity contribution in [3.8, 4) is 11.1 Å². The Kier molecular flexibility index (Phi) is 5.36. The smallest absolute Gasteiger partial charge is 0.0643 e. The number of allylic oxidation sites excluding steroid dienone is 1. The molecule has 0 aromatic heterocycles. The first-order chi connectivity index (χ1) is 10.9. The van der Waals surface area contributed by atoms with Crippen LogP contribution in [0, 0.1) is 5.41 Å². The number of halogens is 1. The Morgan fingerprint density at radius 2 is 1.83 bits per heavy atom. The van der Waals surface area contributed by atoms with E-state index in [4.69, 9.17) is 11.6 Å². The van der Waals surface area contributed by atoms with Gasteiger partial charge in [-0.15, -0.1) is 5.73 Å². The number of anilines is 1. The fourth-order valence-electron chi connectivity index (χ4n) is 2.70. The molecule has 0 radical (unpaired) electrons. The lowest BCUT2D eigenvalue weighted by molar-refractivity contribution is 0.444. The molecule has 2 aromatic carbocycles. The highest BCUT2D eigenvalue weighted by molar-refractivity contribution is 6.34. The van der Waals surface area contributed by atoms with Gasteiger partial charge in [-0.3, -0.25) is 0 Å². The van der Waals surface area contributed by atoms with Crippen molar-refractivity contribution in [1.82, 2.24) is 0 Å². The Morgan fingerprint density at radius 3 is 2.39 bits per heavy atom. The van der Waals surface area contributed by atoms with E-state index in [-0.39, 0.29) is 5.41 Å². The predicted molar refractivity (Wildman–Crippen MR) is 102 cm³/mol. The van der Waals surface area contributed by atoms with E-state index in [1.165, 1.54) is 11.1 Å². The molecule has 0 aliphatic heterocycles. The molecule has 0 saturated heterocycles. The maximum Gasteiger partial charge on any atom is 0.0643 e. The van der Waals surface area contributed by atoms with Gasteiger partial charge in [0.15, 0.2) is 0 Å². The summed E-state index contributed by atoms with van der Waals surface area (Å²) < 4.78 is 0. The van der Waals surface area contributed by atoms with Crippen LogP contribution < -0.4 is 5.32 Å². The predicted octanol–water partition coefficient (Wildman–Crippen LogP) is 6.35. The Hall–Kier alpha value is -1.95. The molecule has 0 aliphatic rings. The molecular weight excluding hydrogens is 302 g/mol. The van der Waals surface area contributed by atoms with Crippen molar-refractivity contribution in [1.29, 1.82) is 0 Å². The maximum atomic E-state index is 6.27. The lowest BCUT2D eigenvalue weighted by Gasteiger charge is -2.24. The van der Waals surface area contributed by atoms with Gasteiger partial charge in [0.25, 0.3) is 0 Å². The highest BCUT2D eigenvalue weighted by Gasteiger charge is 2.20. The number of hydrogen-bond acceptors (Lipinski definition) is 1. The fraction of sp³-hybridized carbons (Fsp3) is 0.286. The van der Waals surface area contributed by atoms with Crippen molar-refractivity contribution >= 4 is 17.3 Å². The molecule has 0 heterocycles. The van der Waals surface area contributed by atoms with E-state index in [1.54, 1.807) is 0 Å². The Labute approximate surface area is 144 Å². The monoisotopic (exact) mass is 325 g/mol. The zero-order valence-electron chi connectivity index (χ0n) is 14.3. The second-order valence-corrected chi connectivity index (χ2v) is 6.88.